The zero-order valence-corrected chi connectivity index (χ0v) is 9.34. The van der Waals surface area contributed by atoms with Gasteiger partial charge < -0.3 is 16.0 Å². The molecule has 15 heavy (non-hydrogen) atoms. The highest BCUT2D eigenvalue weighted by Crippen LogP contribution is 2.04. The molecule has 0 bridgehead atoms. The van der Waals surface area contributed by atoms with Crippen molar-refractivity contribution in [2.75, 3.05) is 26.2 Å². The van der Waals surface area contributed by atoms with Gasteiger partial charge in [0.15, 0.2) is 0 Å². The molecule has 86 valence electrons. The number of piperidine rings is 2. The Hall–Kier alpha value is -0.610. The second-order valence-corrected chi connectivity index (χ2v) is 4.49. The van der Waals surface area contributed by atoms with E-state index in [1.54, 1.807) is 0 Å². The summed E-state index contributed by atoms with van der Waals surface area (Å²) in [7, 11) is 0. The Morgan fingerprint density at radius 2 is 1.87 bits per heavy atom. The molecule has 4 nitrogen and oxygen atoms in total. The molecule has 2 atom stereocenters. The van der Waals surface area contributed by atoms with Crippen molar-refractivity contribution < 1.29 is 0 Å². The fraction of sp³-hybridized carbons (Fsp3) is 0.909. The number of aliphatic imine (C=N–C) groups is 1. The van der Waals surface area contributed by atoms with Crippen LogP contribution in [0.5, 0.6) is 0 Å². The third kappa shape index (κ3) is 3.80. The van der Waals surface area contributed by atoms with Gasteiger partial charge in [0.25, 0.3) is 0 Å². The van der Waals surface area contributed by atoms with E-state index in [1.165, 1.54) is 32.2 Å². The van der Waals surface area contributed by atoms with Crippen molar-refractivity contribution in [2.45, 2.75) is 37.8 Å². The fourth-order valence-corrected chi connectivity index (χ4v) is 2.21. The molecule has 0 radical (unpaired) electrons. The van der Waals surface area contributed by atoms with Gasteiger partial charge in [0.05, 0.1) is 12.4 Å². The predicted molar refractivity (Wildman–Crippen MR) is 63.4 cm³/mol. The standard InChI is InChI=1S/C11H22N4/c1-3-10(7-12-5-1)14-9-15-11-4-2-6-13-8-11/h9-13H,1-8H2,(H,14,15). The molecule has 0 spiro atoms. The number of nitrogens with one attached hydrogen (secondary N) is 3. The maximum Gasteiger partial charge on any atom is 0.0830 e. The zero-order chi connectivity index (χ0) is 10.3. The molecular weight excluding hydrogens is 188 g/mol. The highest BCUT2D eigenvalue weighted by atomic mass is 15.0. The Morgan fingerprint density at radius 1 is 1.07 bits per heavy atom. The molecule has 0 amide bonds. The van der Waals surface area contributed by atoms with Crippen LogP contribution < -0.4 is 16.0 Å². The SMILES string of the molecule is C(=N\C1CCCNC1)/NC1CCCNC1. The molecular formula is C11H22N4. The second kappa shape index (κ2) is 6.08. The molecule has 2 rings (SSSR count). The summed E-state index contributed by atoms with van der Waals surface area (Å²) in [4.78, 5) is 4.55. The number of hydrogen-bond acceptors (Lipinski definition) is 3. The third-order valence-electron chi connectivity index (χ3n) is 3.16. The van der Waals surface area contributed by atoms with E-state index in [-0.39, 0.29) is 0 Å². The Labute approximate surface area is 91.9 Å². The van der Waals surface area contributed by atoms with Crippen LogP contribution in [-0.4, -0.2) is 44.6 Å². The molecule has 2 aliphatic heterocycles. The van der Waals surface area contributed by atoms with Crippen LogP contribution in [0.15, 0.2) is 4.99 Å². The average Bonchev–Trinajstić information content (AvgIpc) is 2.32. The van der Waals surface area contributed by atoms with Gasteiger partial charge in [0.2, 0.25) is 0 Å². The predicted octanol–water partition coefficient (Wildman–Crippen LogP) is 0.108. The summed E-state index contributed by atoms with van der Waals surface area (Å²) in [5.41, 5.74) is 0. The third-order valence-corrected chi connectivity index (χ3v) is 3.16. The summed E-state index contributed by atoms with van der Waals surface area (Å²) in [6, 6.07) is 1.07. The average molecular weight is 210 g/mol. The zero-order valence-electron chi connectivity index (χ0n) is 9.34. The molecule has 2 saturated heterocycles. The molecule has 2 heterocycles. The molecule has 0 aromatic carbocycles. The van der Waals surface area contributed by atoms with Crippen LogP contribution >= 0.6 is 0 Å². The van der Waals surface area contributed by atoms with Crippen molar-refractivity contribution in [3.63, 3.8) is 0 Å². The first kappa shape index (κ1) is 10.9. The normalized spacial score (nSPS) is 33.1. The van der Waals surface area contributed by atoms with Gasteiger partial charge in [0.1, 0.15) is 0 Å². The van der Waals surface area contributed by atoms with E-state index in [0.717, 1.165) is 19.6 Å². The quantitative estimate of drug-likeness (QED) is 0.458. The molecule has 3 N–H and O–H groups in total. The van der Waals surface area contributed by atoms with Crippen LogP contribution in [0.2, 0.25) is 0 Å². The minimum atomic E-state index is 0.489. The monoisotopic (exact) mass is 210 g/mol. The van der Waals surface area contributed by atoms with Gasteiger partial charge in [-0.3, -0.25) is 4.99 Å². The first-order valence-electron chi connectivity index (χ1n) is 6.14. The first-order chi connectivity index (χ1) is 7.45. The summed E-state index contributed by atoms with van der Waals surface area (Å²) in [5.74, 6) is 0. The molecule has 0 aliphatic carbocycles. The topological polar surface area (TPSA) is 48.5 Å². The van der Waals surface area contributed by atoms with Crippen molar-refractivity contribution in [3.05, 3.63) is 0 Å². The van der Waals surface area contributed by atoms with E-state index in [2.05, 4.69) is 20.9 Å². The van der Waals surface area contributed by atoms with E-state index in [1.807, 2.05) is 6.34 Å². The van der Waals surface area contributed by atoms with Crippen LogP contribution in [0.3, 0.4) is 0 Å². The highest BCUT2D eigenvalue weighted by molar-refractivity contribution is 5.55. The van der Waals surface area contributed by atoms with Gasteiger partial charge in [-0.05, 0) is 38.8 Å². The number of rotatable bonds is 3. The first-order valence-corrected chi connectivity index (χ1v) is 6.14. The van der Waals surface area contributed by atoms with Gasteiger partial charge in [-0.1, -0.05) is 0 Å². The van der Waals surface area contributed by atoms with E-state index >= 15 is 0 Å². The van der Waals surface area contributed by atoms with Gasteiger partial charge in [-0.15, -0.1) is 0 Å². The van der Waals surface area contributed by atoms with Crippen LogP contribution in [0, 0.1) is 0 Å². The Kier molecular flexibility index (Phi) is 4.41. The lowest BCUT2D eigenvalue weighted by molar-refractivity contribution is 0.429. The molecule has 0 aromatic heterocycles. The Bertz CT molecular complexity index is 193. The fourth-order valence-electron chi connectivity index (χ4n) is 2.21. The van der Waals surface area contributed by atoms with Crippen molar-refractivity contribution in [1.82, 2.24) is 16.0 Å². The summed E-state index contributed by atoms with van der Waals surface area (Å²) in [6.45, 7) is 4.45. The summed E-state index contributed by atoms with van der Waals surface area (Å²) in [6.07, 6.45) is 6.95. The van der Waals surface area contributed by atoms with Crippen molar-refractivity contribution >= 4 is 6.34 Å². The van der Waals surface area contributed by atoms with E-state index in [9.17, 15) is 0 Å². The summed E-state index contributed by atoms with van der Waals surface area (Å²) >= 11 is 0. The molecule has 2 aliphatic rings. The van der Waals surface area contributed by atoms with E-state index < -0.39 is 0 Å². The van der Waals surface area contributed by atoms with Crippen LogP contribution in [0.4, 0.5) is 0 Å². The molecule has 0 aromatic rings. The molecule has 2 fully saturated rings. The Morgan fingerprint density at radius 3 is 2.53 bits per heavy atom. The summed E-state index contributed by atoms with van der Waals surface area (Å²) < 4.78 is 0. The van der Waals surface area contributed by atoms with Crippen LogP contribution in [0.25, 0.3) is 0 Å². The maximum atomic E-state index is 4.55. The second-order valence-electron chi connectivity index (χ2n) is 4.49. The van der Waals surface area contributed by atoms with Crippen LogP contribution in [-0.2, 0) is 0 Å². The lowest BCUT2D eigenvalue weighted by atomic mass is 10.1. The van der Waals surface area contributed by atoms with Gasteiger partial charge in [-0.2, -0.15) is 0 Å². The minimum Gasteiger partial charge on any atom is -0.372 e. The molecule has 0 saturated carbocycles. The Balaban J connectivity index is 1.64. The van der Waals surface area contributed by atoms with Gasteiger partial charge in [0, 0.05) is 19.1 Å². The smallest absolute Gasteiger partial charge is 0.0830 e. The lowest BCUT2D eigenvalue weighted by Crippen LogP contribution is -2.43. The number of hydrogen-bond donors (Lipinski definition) is 3. The highest BCUT2D eigenvalue weighted by Gasteiger charge is 2.12. The van der Waals surface area contributed by atoms with Gasteiger partial charge >= 0.3 is 0 Å². The maximum absolute atomic E-state index is 4.55. The van der Waals surface area contributed by atoms with Crippen molar-refractivity contribution in [1.29, 1.82) is 0 Å². The molecule has 2 unspecified atom stereocenters. The molecule has 4 heteroatoms. The largest absolute Gasteiger partial charge is 0.372 e. The number of nitrogens with zero attached hydrogens (tertiary/aromatic N) is 1. The van der Waals surface area contributed by atoms with Gasteiger partial charge in [-0.25, -0.2) is 0 Å². The van der Waals surface area contributed by atoms with E-state index in [4.69, 9.17) is 0 Å². The minimum absolute atomic E-state index is 0.489. The van der Waals surface area contributed by atoms with E-state index in [0.29, 0.717) is 12.1 Å². The van der Waals surface area contributed by atoms with Crippen molar-refractivity contribution in [3.8, 4) is 0 Å². The summed E-state index contributed by atoms with van der Waals surface area (Å²) in [5, 5.41) is 10.1. The van der Waals surface area contributed by atoms with Crippen molar-refractivity contribution in [2.24, 2.45) is 4.99 Å². The van der Waals surface area contributed by atoms with Crippen LogP contribution in [0.1, 0.15) is 25.7 Å². The lowest BCUT2D eigenvalue weighted by Gasteiger charge is -2.23.